The zero-order valence-electron chi connectivity index (χ0n) is 7.00. The predicted molar refractivity (Wildman–Crippen MR) is 40.2 cm³/mol. The first-order chi connectivity index (χ1) is 5.22. The molecule has 3 heteroatoms. The van der Waals surface area contributed by atoms with E-state index in [2.05, 4.69) is 0 Å². The summed E-state index contributed by atoms with van der Waals surface area (Å²) in [6.45, 7) is 4.81. The van der Waals surface area contributed by atoms with Gasteiger partial charge in [-0.05, 0) is 13.3 Å². The predicted octanol–water partition coefficient (Wildman–Crippen LogP) is 0.974. The molecule has 1 atom stereocenters. The summed E-state index contributed by atoms with van der Waals surface area (Å²) < 4.78 is 10.5. The van der Waals surface area contributed by atoms with Crippen molar-refractivity contribution in [2.75, 3.05) is 13.2 Å². The summed E-state index contributed by atoms with van der Waals surface area (Å²) in [5.41, 5.74) is 0. The maximum Gasteiger partial charge on any atom is 0.166 e. The Kier molecular flexibility index (Phi) is 3.02. The van der Waals surface area contributed by atoms with E-state index in [0.29, 0.717) is 13.2 Å². The fraction of sp³-hybridized carbons (Fsp3) is 0.875. The summed E-state index contributed by atoms with van der Waals surface area (Å²) in [7, 11) is 0. The van der Waals surface area contributed by atoms with Gasteiger partial charge in [0.05, 0.1) is 19.1 Å². The highest BCUT2D eigenvalue weighted by atomic mass is 16.7. The normalized spacial score (nSPS) is 23.1. The van der Waals surface area contributed by atoms with E-state index < -0.39 is 0 Å². The van der Waals surface area contributed by atoms with E-state index in [4.69, 9.17) is 9.47 Å². The Bertz CT molecular complexity index is 138. The van der Waals surface area contributed by atoms with Crippen molar-refractivity contribution in [2.45, 2.75) is 26.6 Å². The molecule has 0 saturated carbocycles. The van der Waals surface area contributed by atoms with E-state index in [1.165, 1.54) is 0 Å². The van der Waals surface area contributed by atoms with Gasteiger partial charge in [0.25, 0.3) is 0 Å². The zero-order chi connectivity index (χ0) is 8.27. The van der Waals surface area contributed by atoms with Gasteiger partial charge in [0.15, 0.2) is 6.29 Å². The lowest BCUT2D eigenvalue weighted by atomic mass is 10.1. The van der Waals surface area contributed by atoms with E-state index in [0.717, 1.165) is 6.42 Å². The molecule has 3 nitrogen and oxygen atoms in total. The molecule has 0 radical (unpaired) electrons. The SMILES string of the molecule is CC(=O)C(C)C1OCCCO1. The van der Waals surface area contributed by atoms with Crippen LogP contribution in [0.4, 0.5) is 0 Å². The van der Waals surface area contributed by atoms with Crippen molar-refractivity contribution in [1.82, 2.24) is 0 Å². The lowest BCUT2D eigenvalue weighted by molar-refractivity contribution is -0.201. The van der Waals surface area contributed by atoms with Crippen LogP contribution in [-0.2, 0) is 14.3 Å². The lowest BCUT2D eigenvalue weighted by Gasteiger charge is -2.26. The molecule has 64 valence electrons. The largest absolute Gasteiger partial charge is 0.352 e. The van der Waals surface area contributed by atoms with Crippen LogP contribution in [-0.4, -0.2) is 25.3 Å². The van der Waals surface area contributed by atoms with Gasteiger partial charge in [-0.2, -0.15) is 0 Å². The molecule has 1 fully saturated rings. The number of ether oxygens (including phenoxy) is 2. The van der Waals surface area contributed by atoms with Crippen molar-refractivity contribution in [3.8, 4) is 0 Å². The van der Waals surface area contributed by atoms with Crippen LogP contribution in [0.5, 0.6) is 0 Å². The van der Waals surface area contributed by atoms with Gasteiger partial charge in [-0.15, -0.1) is 0 Å². The molecule has 1 aliphatic rings. The van der Waals surface area contributed by atoms with Gasteiger partial charge in [0, 0.05) is 0 Å². The van der Waals surface area contributed by atoms with Gasteiger partial charge < -0.3 is 9.47 Å². The topological polar surface area (TPSA) is 35.5 Å². The fourth-order valence-electron chi connectivity index (χ4n) is 0.986. The quantitative estimate of drug-likeness (QED) is 0.600. The van der Waals surface area contributed by atoms with Crippen LogP contribution in [0, 0.1) is 5.92 Å². The molecule has 0 N–H and O–H groups in total. The Hall–Kier alpha value is -0.410. The maximum absolute atomic E-state index is 10.9. The van der Waals surface area contributed by atoms with Crippen molar-refractivity contribution < 1.29 is 14.3 Å². The number of Topliss-reactive ketones (excluding diaryl/α,β-unsaturated/α-hetero) is 1. The molecule has 11 heavy (non-hydrogen) atoms. The van der Waals surface area contributed by atoms with Crippen LogP contribution in [0.1, 0.15) is 20.3 Å². The number of rotatable bonds is 2. The third-order valence-electron chi connectivity index (χ3n) is 1.90. The molecular formula is C8H14O3. The molecule has 0 bridgehead atoms. The molecule has 1 rings (SSSR count). The molecule has 1 heterocycles. The van der Waals surface area contributed by atoms with E-state index >= 15 is 0 Å². The average Bonchev–Trinajstić information content (AvgIpc) is 2.05. The van der Waals surface area contributed by atoms with Crippen LogP contribution in [0.3, 0.4) is 0 Å². The highest BCUT2D eigenvalue weighted by Gasteiger charge is 2.24. The minimum absolute atomic E-state index is 0.122. The lowest BCUT2D eigenvalue weighted by Crippen LogP contribution is -2.34. The van der Waals surface area contributed by atoms with Gasteiger partial charge in [-0.3, -0.25) is 4.79 Å². The Morgan fingerprint density at radius 1 is 1.45 bits per heavy atom. The van der Waals surface area contributed by atoms with Crippen LogP contribution in [0.25, 0.3) is 0 Å². The average molecular weight is 158 g/mol. The maximum atomic E-state index is 10.9. The van der Waals surface area contributed by atoms with Crippen LogP contribution in [0.2, 0.25) is 0 Å². The molecule has 0 aliphatic carbocycles. The molecule has 1 unspecified atom stereocenters. The van der Waals surface area contributed by atoms with E-state index in [1.54, 1.807) is 6.92 Å². The van der Waals surface area contributed by atoms with Gasteiger partial charge in [-0.1, -0.05) is 6.92 Å². The fourth-order valence-corrected chi connectivity index (χ4v) is 0.986. The third-order valence-corrected chi connectivity index (χ3v) is 1.90. The monoisotopic (exact) mass is 158 g/mol. The van der Waals surface area contributed by atoms with Gasteiger partial charge in [0.2, 0.25) is 0 Å². The highest BCUT2D eigenvalue weighted by molar-refractivity contribution is 5.78. The molecule has 0 aromatic carbocycles. The molecule has 1 aliphatic heterocycles. The summed E-state index contributed by atoms with van der Waals surface area (Å²) in [5, 5.41) is 0. The number of ketones is 1. The first-order valence-corrected chi connectivity index (χ1v) is 3.95. The number of hydrogen-bond acceptors (Lipinski definition) is 3. The van der Waals surface area contributed by atoms with Crippen molar-refractivity contribution in [3.63, 3.8) is 0 Å². The molecule has 0 aromatic rings. The first kappa shape index (κ1) is 8.68. The van der Waals surface area contributed by atoms with Gasteiger partial charge in [-0.25, -0.2) is 0 Å². The van der Waals surface area contributed by atoms with Crippen LogP contribution >= 0.6 is 0 Å². The summed E-state index contributed by atoms with van der Waals surface area (Å²) in [4.78, 5) is 10.9. The Morgan fingerprint density at radius 3 is 2.45 bits per heavy atom. The first-order valence-electron chi connectivity index (χ1n) is 3.95. The summed E-state index contributed by atoms with van der Waals surface area (Å²) in [5.74, 6) is -0.00722. The molecule has 0 aromatic heterocycles. The number of hydrogen-bond donors (Lipinski definition) is 0. The zero-order valence-corrected chi connectivity index (χ0v) is 7.00. The molecule has 0 amide bonds. The number of carbonyl (C=O) groups is 1. The summed E-state index contributed by atoms with van der Waals surface area (Å²) in [6.07, 6.45) is 0.627. The number of carbonyl (C=O) groups excluding carboxylic acids is 1. The highest BCUT2D eigenvalue weighted by Crippen LogP contribution is 2.14. The van der Waals surface area contributed by atoms with E-state index in [1.807, 2.05) is 6.92 Å². The standard InChI is InChI=1S/C8H14O3/c1-6(7(2)9)8-10-4-3-5-11-8/h6,8H,3-5H2,1-2H3. The molecule has 0 spiro atoms. The van der Waals surface area contributed by atoms with E-state index in [9.17, 15) is 4.79 Å². The summed E-state index contributed by atoms with van der Waals surface area (Å²) >= 11 is 0. The van der Waals surface area contributed by atoms with Gasteiger partial charge >= 0.3 is 0 Å². The Balaban J connectivity index is 2.38. The third kappa shape index (κ3) is 2.27. The van der Waals surface area contributed by atoms with Crippen molar-refractivity contribution in [2.24, 2.45) is 5.92 Å². The van der Waals surface area contributed by atoms with Crippen LogP contribution < -0.4 is 0 Å². The Morgan fingerprint density at radius 2 is 2.00 bits per heavy atom. The minimum atomic E-state index is -0.304. The molecular weight excluding hydrogens is 144 g/mol. The second kappa shape index (κ2) is 3.83. The van der Waals surface area contributed by atoms with Crippen LogP contribution in [0.15, 0.2) is 0 Å². The summed E-state index contributed by atoms with van der Waals surface area (Å²) in [6, 6.07) is 0. The van der Waals surface area contributed by atoms with Crippen molar-refractivity contribution >= 4 is 5.78 Å². The second-order valence-electron chi connectivity index (χ2n) is 2.86. The van der Waals surface area contributed by atoms with Gasteiger partial charge in [0.1, 0.15) is 5.78 Å². The van der Waals surface area contributed by atoms with Crippen molar-refractivity contribution in [1.29, 1.82) is 0 Å². The second-order valence-corrected chi connectivity index (χ2v) is 2.86. The van der Waals surface area contributed by atoms with E-state index in [-0.39, 0.29) is 18.0 Å². The van der Waals surface area contributed by atoms with Crippen molar-refractivity contribution in [3.05, 3.63) is 0 Å². The minimum Gasteiger partial charge on any atom is -0.352 e. The smallest absolute Gasteiger partial charge is 0.166 e. The molecule has 1 saturated heterocycles. The Labute approximate surface area is 66.7 Å².